The molecule has 0 saturated heterocycles. The van der Waals surface area contributed by atoms with Gasteiger partial charge in [0.05, 0.1) is 17.7 Å². The number of amides is 1. The number of aliphatic hydroxyl groups excluding tert-OH is 1. The lowest BCUT2D eigenvalue weighted by atomic mass is 9.82. The van der Waals surface area contributed by atoms with E-state index in [9.17, 15) is 9.90 Å². The highest BCUT2D eigenvalue weighted by Gasteiger charge is 2.33. The molecule has 0 atom stereocenters. The maximum Gasteiger partial charge on any atom is 0.253 e. The lowest BCUT2D eigenvalue weighted by molar-refractivity contribution is 0.0759. The highest BCUT2D eigenvalue weighted by atomic mass is 35.5. The monoisotopic (exact) mass is 282 g/mol. The molecule has 4 nitrogen and oxygen atoms in total. The number of benzene rings is 1. The molecule has 0 aromatic heterocycles. The second-order valence-electron chi connectivity index (χ2n) is 5.18. The summed E-state index contributed by atoms with van der Waals surface area (Å²) in [7, 11) is 0. The first-order valence-electron chi connectivity index (χ1n) is 6.55. The molecule has 1 amide bonds. The highest BCUT2D eigenvalue weighted by molar-refractivity contribution is 6.31. The average molecular weight is 283 g/mol. The van der Waals surface area contributed by atoms with Crippen molar-refractivity contribution < 1.29 is 9.90 Å². The van der Waals surface area contributed by atoms with Gasteiger partial charge in [0.1, 0.15) is 0 Å². The third-order valence-corrected chi connectivity index (χ3v) is 3.99. The molecule has 1 fully saturated rings. The number of anilines is 1. The summed E-state index contributed by atoms with van der Waals surface area (Å²) in [6.07, 6.45) is 4.82. The van der Waals surface area contributed by atoms with E-state index in [1.807, 2.05) is 0 Å². The number of hydrogen-bond donors (Lipinski definition) is 3. The summed E-state index contributed by atoms with van der Waals surface area (Å²) in [5.41, 5.74) is 6.07. The second kappa shape index (κ2) is 5.80. The van der Waals surface area contributed by atoms with Gasteiger partial charge in [-0.25, -0.2) is 0 Å². The van der Waals surface area contributed by atoms with Crippen LogP contribution in [0.2, 0.25) is 5.02 Å². The molecule has 1 aromatic carbocycles. The molecule has 2 rings (SSSR count). The van der Waals surface area contributed by atoms with E-state index in [1.165, 1.54) is 0 Å². The van der Waals surface area contributed by atoms with Gasteiger partial charge < -0.3 is 16.2 Å². The molecule has 0 aliphatic heterocycles. The number of halogens is 1. The summed E-state index contributed by atoms with van der Waals surface area (Å²) in [6, 6.07) is 4.81. The van der Waals surface area contributed by atoms with Crippen LogP contribution in [0.4, 0.5) is 5.69 Å². The molecule has 0 radical (unpaired) electrons. The molecule has 1 aliphatic rings. The summed E-state index contributed by atoms with van der Waals surface area (Å²) < 4.78 is 0. The Kier molecular flexibility index (Phi) is 4.32. The Morgan fingerprint density at radius 1 is 1.37 bits per heavy atom. The van der Waals surface area contributed by atoms with Gasteiger partial charge in [-0.15, -0.1) is 0 Å². The standard InChI is InChI=1S/C14H19ClN2O2/c15-10-4-5-11(12(16)8-10)13(19)17-14(9-18)6-2-1-3-7-14/h4-5,8,18H,1-3,6-7,9,16H2,(H,17,19). The van der Waals surface area contributed by atoms with Crippen molar-refractivity contribution in [2.75, 3.05) is 12.3 Å². The number of nitrogens with two attached hydrogens (primary N) is 1. The first-order chi connectivity index (χ1) is 9.06. The second-order valence-corrected chi connectivity index (χ2v) is 5.62. The van der Waals surface area contributed by atoms with Gasteiger partial charge in [0.2, 0.25) is 0 Å². The van der Waals surface area contributed by atoms with E-state index in [4.69, 9.17) is 17.3 Å². The Hall–Kier alpha value is -1.26. The van der Waals surface area contributed by atoms with Gasteiger partial charge in [0.25, 0.3) is 5.91 Å². The van der Waals surface area contributed by atoms with Crippen LogP contribution < -0.4 is 11.1 Å². The third-order valence-electron chi connectivity index (χ3n) is 3.75. The highest BCUT2D eigenvalue weighted by Crippen LogP contribution is 2.28. The summed E-state index contributed by atoms with van der Waals surface area (Å²) in [6.45, 7) is -0.0355. The topological polar surface area (TPSA) is 75.4 Å². The Balaban J connectivity index is 2.15. The number of carbonyl (C=O) groups excluding carboxylic acids is 1. The molecule has 5 heteroatoms. The minimum absolute atomic E-state index is 0.0355. The van der Waals surface area contributed by atoms with E-state index in [-0.39, 0.29) is 12.5 Å². The van der Waals surface area contributed by atoms with Gasteiger partial charge >= 0.3 is 0 Å². The Morgan fingerprint density at radius 3 is 2.63 bits per heavy atom. The van der Waals surface area contributed by atoms with Gasteiger partial charge in [-0.3, -0.25) is 4.79 Å². The SMILES string of the molecule is Nc1cc(Cl)ccc1C(=O)NC1(CO)CCCCC1. The van der Waals surface area contributed by atoms with E-state index >= 15 is 0 Å². The molecule has 4 N–H and O–H groups in total. The van der Waals surface area contributed by atoms with Crippen LogP contribution in [0, 0.1) is 0 Å². The summed E-state index contributed by atoms with van der Waals surface area (Å²) in [4.78, 5) is 12.3. The molecule has 104 valence electrons. The number of nitrogen functional groups attached to an aromatic ring is 1. The van der Waals surface area contributed by atoms with Crippen LogP contribution in [-0.2, 0) is 0 Å². The molecule has 19 heavy (non-hydrogen) atoms. The van der Waals surface area contributed by atoms with Crippen molar-refractivity contribution in [1.82, 2.24) is 5.32 Å². The van der Waals surface area contributed by atoms with E-state index < -0.39 is 5.54 Å². The fourth-order valence-electron chi connectivity index (χ4n) is 2.60. The summed E-state index contributed by atoms with van der Waals surface area (Å²) >= 11 is 5.82. The fourth-order valence-corrected chi connectivity index (χ4v) is 2.78. The van der Waals surface area contributed by atoms with Crippen molar-refractivity contribution >= 4 is 23.2 Å². The van der Waals surface area contributed by atoms with Crippen molar-refractivity contribution in [3.05, 3.63) is 28.8 Å². The Morgan fingerprint density at radius 2 is 2.05 bits per heavy atom. The zero-order valence-corrected chi connectivity index (χ0v) is 11.5. The molecule has 1 saturated carbocycles. The van der Waals surface area contributed by atoms with Crippen molar-refractivity contribution in [3.8, 4) is 0 Å². The number of aliphatic hydroxyl groups is 1. The van der Waals surface area contributed by atoms with Crippen molar-refractivity contribution in [2.45, 2.75) is 37.6 Å². The van der Waals surface area contributed by atoms with E-state index in [0.29, 0.717) is 16.3 Å². The normalized spacial score (nSPS) is 18.0. The third kappa shape index (κ3) is 3.19. The summed E-state index contributed by atoms with van der Waals surface area (Å²) in [5.74, 6) is -0.245. The van der Waals surface area contributed by atoms with Crippen molar-refractivity contribution in [1.29, 1.82) is 0 Å². The maximum absolute atomic E-state index is 12.3. The first kappa shape index (κ1) is 14.2. The van der Waals surface area contributed by atoms with Gasteiger partial charge in [-0.2, -0.15) is 0 Å². The smallest absolute Gasteiger partial charge is 0.253 e. The van der Waals surface area contributed by atoms with E-state index in [1.54, 1.807) is 18.2 Å². The molecule has 0 unspecified atom stereocenters. The molecule has 1 aromatic rings. The molecule has 0 bridgehead atoms. The van der Waals surface area contributed by atoms with E-state index in [0.717, 1.165) is 32.1 Å². The predicted octanol–water partition coefficient (Wildman–Crippen LogP) is 2.35. The van der Waals surface area contributed by atoms with Crippen LogP contribution in [-0.4, -0.2) is 23.2 Å². The first-order valence-corrected chi connectivity index (χ1v) is 6.92. The van der Waals surface area contributed by atoms with Crippen LogP contribution in [0.1, 0.15) is 42.5 Å². The predicted molar refractivity (Wildman–Crippen MR) is 76.2 cm³/mol. The lowest BCUT2D eigenvalue weighted by Gasteiger charge is -2.36. The molecule has 1 aliphatic carbocycles. The van der Waals surface area contributed by atoms with Gasteiger partial charge in [0, 0.05) is 10.7 Å². The minimum atomic E-state index is -0.499. The molecular weight excluding hydrogens is 264 g/mol. The lowest BCUT2D eigenvalue weighted by Crippen LogP contribution is -2.52. The van der Waals surface area contributed by atoms with E-state index in [2.05, 4.69) is 5.32 Å². The van der Waals surface area contributed by atoms with Gasteiger partial charge in [-0.05, 0) is 31.0 Å². The zero-order valence-electron chi connectivity index (χ0n) is 10.8. The quantitative estimate of drug-likeness (QED) is 0.745. The largest absolute Gasteiger partial charge is 0.398 e. The van der Waals surface area contributed by atoms with Crippen LogP contribution in [0.5, 0.6) is 0 Å². The zero-order chi connectivity index (χ0) is 13.9. The average Bonchev–Trinajstić information content (AvgIpc) is 2.39. The Labute approximate surface area is 117 Å². The van der Waals surface area contributed by atoms with Crippen LogP contribution >= 0.6 is 11.6 Å². The van der Waals surface area contributed by atoms with Crippen LogP contribution in [0.3, 0.4) is 0 Å². The van der Waals surface area contributed by atoms with Crippen molar-refractivity contribution in [3.63, 3.8) is 0 Å². The molecule has 0 spiro atoms. The number of hydrogen-bond acceptors (Lipinski definition) is 3. The minimum Gasteiger partial charge on any atom is -0.398 e. The number of carbonyl (C=O) groups is 1. The fraction of sp³-hybridized carbons (Fsp3) is 0.500. The van der Waals surface area contributed by atoms with Crippen LogP contribution in [0.25, 0.3) is 0 Å². The summed E-state index contributed by atoms with van der Waals surface area (Å²) in [5, 5.41) is 13.0. The molecular formula is C14H19ClN2O2. The van der Waals surface area contributed by atoms with Crippen molar-refractivity contribution in [2.24, 2.45) is 0 Å². The molecule has 0 heterocycles. The number of rotatable bonds is 3. The van der Waals surface area contributed by atoms with Gasteiger partial charge in [0.15, 0.2) is 0 Å². The number of nitrogens with one attached hydrogen (secondary N) is 1. The van der Waals surface area contributed by atoms with Crippen LogP contribution in [0.15, 0.2) is 18.2 Å². The Bertz CT molecular complexity index is 471. The maximum atomic E-state index is 12.3. The van der Waals surface area contributed by atoms with Gasteiger partial charge in [-0.1, -0.05) is 30.9 Å².